The number of piperazine rings is 1. The monoisotopic (exact) mass is 277 g/mol. The zero-order chi connectivity index (χ0) is 14.4. The topological polar surface area (TPSA) is 44.8 Å². The van der Waals surface area contributed by atoms with Gasteiger partial charge in [0.15, 0.2) is 0 Å². The third-order valence-corrected chi connectivity index (χ3v) is 3.53. The minimum Gasteiger partial charge on any atom is -0.497 e. The normalized spacial score (nSPS) is 16.0. The maximum atomic E-state index is 11.6. The average Bonchev–Trinajstić information content (AvgIpc) is 2.48. The number of hydrogen-bond donors (Lipinski definition) is 1. The van der Waals surface area contributed by atoms with Gasteiger partial charge in [0, 0.05) is 44.5 Å². The quantitative estimate of drug-likeness (QED) is 0.870. The summed E-state index contributed by atoms with van der Waals surface area (Å²) < 4.78 is 5.26. The number of likely N-dealkylation sites (N-methyl/N-ethyl adjacent to an activating group) is 1. The van der Waals surface area contributed by atoms with Crippen molar-refractivity contribution in [1.29, 1.82) is 0 Å². The van der Waals surface area contributed by atoms with E-state index in [9.17, 15) is 4.79 Å². The Balaban J connectivity index is 1.86. The molecule has 1 amide bonds. The molecule has 0 saturated carbocycles. The Kier molecular flexibility index (Phi) is 5.24. The van der Waals surface area contributed by atoms with Gasteiger partial charge in [-0.3, -0.25) is 9.69 Å². The van der Waals surface area contributed by atoms with Crippen LogP contribution in [-0.4, -0.2) is 57.2 Å². The fraction of sp³-hybridized carbons (Fsp3) is 0.533. The minimum atomic E-state index is 0.113. The molecule has 5 nitrogen and oxygen atoms in total. The Bertz CT molecular complexity index is 442. The van der Waals surface area contributed by atoms with Crippen LogP contribution >= 0.6 is 0 Å². The molecule has 1 aliphatic heterocycles. The van der Waals surface area contributed by atoms with Crippen molar-refractivity contribution >= 4 is 11.6 Å². The lowest BCUT2D eigenvalue weighted by Crippen LogP contribution is -2.49. The lowest BCUT2D eigenvalue weighted by Gasteiger charge is -2.35. The number of nitrogens with zero attached hydrogens (tertiary/aromatic N) is 2. The van der Waals surface area contributed by atoms with Crippen molar-refractivity contribution in [2.45, 2.75) is 6.92 Å². The molecule has 1 aromatic rings. The van der Waals surface area contributed by atoms with E-state index in [0.29, 0.717) is 13.1 Å². The highest BCUT2D eigenvalue weighted by atomic mass is 16.5. The number of methoxy groups -OCH3 is 1. The molecule has 0 aromatic heterocycles. The van der Waals surface area contributed by atoms with Crippen LogP contribution in [0.15, 0.2) is 24.3 Å². The SMILES string of the molecule is CCNC(=O)CN1CCN(c2cccc(OC)c2)CC1. The number of rotatable bonds is 5. The van der Waals surface area contributed by atoms with Crippen LogP contribution in [0.4, 0.5) is 5.69 Å². The van der Waals surface area contributed by atoms with Crippen LogP contribution in [-0.2, 0) is 4.79 Å². The van der Waals surface area contributed by atoms with Crippen LogP contribution in [0, 0.1) is 0 Å². The summed E-state index contributed by atoms with van der Waals surface area (Å²) in [5, 5.41) is 2.84. The van der Waals surface area contributed by atoms with E-state index < -0.39 is 0 Å². The molecule has 1 N–H and O–H groups in total. The predicted molar refractivity (Wildman–Crippen MR) is 80.3 cm³/mol. The van der Waals surface area contributed by atoms with Crippen LogP contribution in [0.3, 0.4) is 0 Å². The zero-order valence-electron chi connectivity index (χ0n) is 12.3. The highest BCUT2D eigenvalue weighted by Crippen LogP contribution is 2.21. The van der Waals surface area contributed by atoms with Crippen molar-refractivity contribution in [3.05, 3.63) is 24.3 Å². The van der Waals surface area contributed by atoms with Crippen LogP contribution in [0.2, 0.25) is 0 Å². The standard InChI is InChI=1S/C15H23N3O2/c1-3-16-15(19)12-17-7-9-18(10-8-17)13-5-4-6-14(11-13)20-2/h4-6,11H,3,7-10,12H2,1-2H3,(H,16,19). The molecule has 20 heavy (non-hydrogen) atoms. The van der Waals surface area contributed by atoms with Gasteiger partial charge in [0.2, 0.25) is 5.91 Å². The number of carbonyl (C=O) groups is 1. The van der Waals surface area contributed by atoms with Gasteiger partial charge in [-0.15, -0.1) is 0 Å². The van der Waals surface area contributed by atoms with Crippen molar-refractivity contribution < 1.29 is 9.53 Å². The molecule has 1 fully saturated rings. The maximum absolute atomic E-state index is 11.6. The van der Waals surface area contributed by atoms with Crippen molar-refractivity contribution in [3.8, 4) is 5.75 Å². The van der Waals surface area contributed by atoms with E-state index >= 15 is 0 Å². The van der Waals surface area contributed by atoms with Crippen LogP contribution < -0.4 is 15.0 Å². The summed E-state index contributed by atoms with van der Waals surface area (Å²) >= 11 is 0. The van der Waals surface area contributed by atoms with Gasteiger partial charge >= 0.3 is 0 Å². The fourth-order valence-electron chi connectivity index (χ4n) is 2.43. The molecule has 110 valence electrons. The zero-order valence-corrected chi connectivity index (χ0v) is 12.3. The molecular formula is C15H23N3O2. The first-order valence-corrected chi connectivity index (χ1v) is 7.11. The lowest BCUT2D eigenvalue weighted by atomic mass is 10.2. The van der Waals surface area contributed by atoms with Crippen LogP contribution in [0.1, 0.15) is 6.92 Å². The summed E-state index contributed by atoms with van der Waals surface area (Å²) in [4.78, 5) is 16.1. The first-order valence-electron chi connectivity index (χ1n) is 7.11. The smallest absolute Gasteiger partial charge is 0.234 e. The van der Waals surface area contributed by atoms with E-state index in [1.807, 2.05) is 19.1 Å². The minimum absolute atomic E-state index is 0.113. The Morgan fingerprint density at radius 1 is 1.30 bits per heavy atom. The fourth-order valence-corrected chi connectivity index (χ4v) is 2.43. The van der Waals surface area contributed by atoms with Gasteiger partial charge < -0.3 is 15.0 Å². The third kappa shape index (κ3) is 3.87. The second kappa shape index (κ2) is 7.14. The maximum Gasteiger partial charge on any atom is 0.234 e. The van der Waals surface area contributed by atoms with E-state index in [0.717, 1.165) is 31.9 Å². The molecule has 0 atom stereocenters. The lowest BCUT2D eigenvalue weighted by molar-refractivity contribution is -0.122. The van der Waals surface area contributed by atoms with Gasteiger partial charge in [-0.1, -0.05) is 6.07 Å². The van der Waals surface area contributed by atoms with E-state index in [2.05, 4.69) is 27.2 Å². The first-order chi connectivity index (χ1) is 9.72. The molecule has 0 spiro atoms. The Hall–Kier alpha value is -1.75. The molecule has 1 aromatic carbocycles. The molecule has 2 rings (SSSR count). The number of amides is 1. The van der Waals surface area contributed by atoms with E-state index in [1.165, 1.54) is 5.69 Å². The number of carbonyl (C=O) groups excluding carboxylic acids is 1. The second-order valence-electron chi connectivity index (χ2n) is 4.92. The molecule has 1 saturated heterocycles. The first kappa shape index (κ1) is 14.7. The Morgan fingerprint density at radius 2 is 2.05 bits per heavy atom. The van der Waals surface area contributed by atoms with Gasteiger partial charge in [-0.2, -0.15) is 0 Å². The average molecular weight is 277 g/mol. The summed E-state index contributed by atoms with van der Waals surface area (Å²) in [6.07, 6.45) is 0. The second-order valence-corrected chi connectivity index (χ2v) is 4.92. The molecule has 0 aliphatic carbocycles. The third-order valence-electron chi connectivity index (χ3n) is 3.53. The van der Waals surface area contributed by atoms with Crippen LogP contribution in [0.25, 0.3) is 0 Å². The highest BCUT2D eigenvalue weighted by molar-refractivity contribution is 5.77. The molecular weight excluding hydrogens is 254 g/mol. The summed E-state index contributed by atoms with van der Waals surface area (Å²) in [6, 6.07) is 8.12. The summed E-state index contributed by atoms with van der Waals surface area (Å²) in [7, 11) is 1.68. The summed E-state index contributed by atoms with van der Waals surface area (Å²) in [5.74, 6) is 0.995. The van der Waals surface area contributed by atoms with E-state index in [1.54, 1.807) is 7.11 Å². The van der Waals surface area contributed by atoms with Gasteiger partial charge in [-0.25, -0.2) is 0 Å². The van der Waals surface area contributed by atoms with E-state index in [4.69, 9.17) is 4.74 Å². The van der Waals surface area contributed by atoms with Crippen molar-refractivity contribution in [2.75, 3.05) is 51.3 Å². The van der Waals surface area contributed by atoms with Crippen LogP contribution in [0.5, 0.6) is 5.75 Å². The number of hydrogen-bond acceptors (Lipinski definition) is 4. The van der Waals surface area contributed by atoms with Gasteiger partial charge in [-0.05, 0) is 19.1 Å². The molecule has 1 heterocycles. The number of ether oxygens (including phenoxy) is 1. The highest BCUT2D eigenvalue weighted by Gasteiger charge is 2.19. The molecule has 1 aliphatic rings. The molecule has 0 radical (unpaired) electrons. The number of benzene rings is 1. The number of anilines is 1. The molecule has 0 unspecified atom stereocenters. The predicted octanol–water partition coefficient (Wildman–Crippen LogP) is 0.953. The van der Waals surface area contributed by atoms with Gasteiger partial charge in [0.1, 0.15) is 5.75 Å². The number of nitrogens with one attached hydrogen (secondary N) is 1. The summed E-state index contributed by atoms with van der Waals surface area (Å²) in [5.41, 5.74) is 1.18. The van der Waals surface area contributed by atoms with E-state index in [-0.39, 0.29) is 5.91 Å². The Morgan fingerprint density at radius 3 is 2.70 bits per heavy atom. The molecule has 5 heteroatoms. The van der Waals surface area contributed by atoms with Crippen molar-refractivity contribution in [2.24, 2.45) is 0 Å². The van der Waals surface area contributed by atoms with Gasteiger partial charge in [0.05, 0.1) is 13.7 Å². The van der Waals surface area contributed by atoms with Gasteiger partial charge in [0.25, 0.3) is 0 Å². The summed E-state index contributed by atoms with van der Waals surface area (Å²) in [6.45, 7) is 6.84. The Labute approximate surface area is 120 Å². The molecule has 0 bridgehead atoms. The van der Waals surface area contributed by atoms with Crippen molar-refractivity contribution in [3.63, 3.8) is 0 Å². The van der Waals surface area contributed by atoms with Crippen molar-refractivity contribution in [1.82, 2.24) is 10.2 Å². The largest absolute Gasteiger partial charge is 0.497 e.